The van der Waals surface area contributed by atoms with Crippen LogP contribution in [0.5, 0.6) is 0 Å². The summed E-state index contributed by atoms with van der Waals surface area (Å²) in [6, 6.07) is -1.31. The van der Waals surface area contributed by atoms with Crippen molar-refractivity contribution in [2.75, 3.05) is 6.61 Å². The number of aliphatic hydroxyl groups excluding tert-OH is 1. The van der Waals surface area contributed by atoms with Gasteiger partial charge in [0.05, 0.1) is 7.98 Å². The Hall–Kier alpha value is -1.36. The van der Waals surface area contributed by atoms with Gasteiger partial charge in [0.2, 0.25) is 5.91 Å². The topological polar surface area (TPSA) is 86.6 Å². The summed E-state index contributed by atoms with van der Waals surface area (Å²) in [7, 11) is 0. The van der Waals surface area contributed by atoms with E-state index in [1.54, 1.807) is 0 Å². The fourth-order valence-electron chi connectivity index (χ4n) is 0.405. The molecule has 0 aliphatic rings. The van der Waals surface area contributed by atoms with Crippen LogP contribution >= 0.6 is 0 Å². The van der Waals surface area contributed by atoms with Crippen LogP contribution in [0.2, 0.25) is 0 Å². The largest absolute Gasteiger partial charge is 0.480 e. The maximum Gasteiger partial charge on any atom is 0.328 e. The number of aliphatic carboxylic acids is 1. The van der Waals surface area contributed by atoms with E-state index in [4.69, 9.17) is 11.6 Å². The average molecular weight is 160 g/mol. The Morgan fingerprint density at radius 1 is 1.82 bits per heavy atom. The van der Waals surface area contributed by atoms with E-state index in [2.05, 4.69) is 0 Å². The van der Waals surface area contributed by atoms with Crippen LogP contribution in [0.1, 0.15) is 1.37 Å². The summed E-state index contributed by atoms with van der Waals surface area (Å²) < 4.78 is 6.49. The molecule has 5 heteroatoms. The molecule has 1 atom stereocenters. The number of carbonyl (C=O) groups is 2. The van der Waals surface area contributed by atoms with Crippen molar-refractivity contribution in [3.05, 3.63) is 12.6 Å². The second-order valence-corrected chi connectivity index (χ2v) is 1.75. The Kier molecular flexibility index (Phi) is 3.14. The molecule has 5 nitrogen and oxygen atoms in total. The van der Waals surface area contributed by atoms with Gasteiger partial charge in [0.25, 0.3) is 0 Å². The summed E-state index contributed by atoms with van der Waals surface area (Å²) in [6.07, 6.45) is 0.853. The number of carbonyl (C=O) groups excluding carboxylic acids is 1. The van der Waals surface area contributed by atoms with E-state index in [1.807, 2.05) is 5.32 Å². The first kappa shape index (κ1) is 7.74. The van der Waals surface area contributed by atoms with Crippen molar-refractivity contribution in [3.63, 3.8) is 0 Å². The third-order valence-electron chi connectivity index (χ3n) is 0.949. The van der Waals surface area contributed by atoms with Crippen LogP contribution in [0.15, 0.2) is 12.6 Å². The number of hydrogen-bond acceptors (Lipinski definition) is 3. The minimum absolute atomic E-state index is 0.674. The Labute approximate surface area is 64.7 Å². The molecule has 11 heavy (non-hydrogen) atoms. The summed E-state index contributed by atoms with van der Waals surface area (Å²) in [5, 5.41) is 18.8. The lowest BCUT2D eigenvalue weighted by atomic mass is 10.3. The van der Waals surface area contributed by atoms with Crippen LogP contribution in [0.25, 0.3) is 0 Å². The molecule has 1 amide bonds. The van der Waals surface area contributed by atoms with Gasteiger partial charge in [-0.15, -0.1) is 0 Å². The number of amides is 1. The zero-order chi connectivity index (χ0) is 9.56. The van der Waals surface area contributed by atoms with Gasteiger partial charge in [-0.3, -0.25) is 4.79 Å². The van der Waals surface area contributed by atoms with Crippen molar-refractivity contribution < 1.29 is 21.2 Å². The molecule has 0 saturated carbocycles. The third kappa shape index (κ3) is 3.36. The molecule has 0 aromatic heterocycles. The predicted octanol–water partition coefficient (Wildman–Crippen LogP) is -1.27. The second kappa shape index (κ2) is 4.45. The Morgan fingerprint density at radius 3 is 2.82 bits per heavy atom. The predicted molar refractivity (Wildman–Crippen MR) is 36.8 cm³/mol. The van der Waals surface area contributed by atoms with Crippen molar-refractivity contribution in [2.45, 2.75) is 6.04 Å². The fourth-order valence-corrected chi connectivity index (χ4v) is 0.405. The monoisotopic (exact) mass is 160 g/mol. The number of carboxylic acid groups (broad SMARTS) is 1. The standard InChI is InChI=1S/C6H9NO4/c1-2-5(9)7-4(3-8)6(10)11/h2,4,8H,1,3H2,(H,7,9)(H,10,11)/t4-/m0/s1/i1D. The minimum Gasteiger partial charge on any atom is -0.480 e. The van der Waals surface area contributed by atoms with Crippen molar-refractivity contribution in [3.8, 4) is 0 Å². The number of carboxylic acids is 1. The van der Waals surface area contributed by atoms with Gasteiger partial charge in [0, 0.05) is 0 Å². The van der Waals surface area contributed by atoms with E-state index in [9.17, 15) is 9.59 Å². The maximum absolute atomic E-state index is 10.6. The summed E-state index contributed by atoms with van der Waals surface area (Å²) >= 11 is 0. The lowest BCUT2D eigenvalue weighted by molar-refractivity contribution is -0.142. The number of hydrogen-bond donors (Lipinski definition) is 3. The van der Waals surface area contributed by atoms with Crippen molar-refractivity contribution in [1.82, 2.24) is 5.32 Å². The van der Waals surface area contributed by atoms with Crippen LogP contribution in [0.4, 0.5) is 0 Å². The molecule has 0 unspecified atom stereocenters. The molecule has 0 aromatic rings. The first-order valence-corrected chi connectivity index (χ1v) is 2.81. The Bertz CT molecular complexity index is 204. The third-order valence-corrected chi connectivity index (χ3v) is 0.949. The van der Waals surface area contributed by atoms with E-state index in [1.165, 1.54) is 0 Å². The molecule has 62 valence electrons. The highest BCUT2D eigenvalue weighted by atomic mass is 16.4. The lowest BCUT2D eigenvalue weighted by Crippen LogP contribution is -2.42. The molecule has 0 bridgehead atoms. The SMILES string of the molecule is [2H]C=CC(=O)N[C@@H](CO)C(=O)O. The van der Waals surface area contributed by atoms with Gasteiger partial charge in [0.15, 0.2) is 6.04 Å². The number of nitrogens with one attached hydrogen (secondary N) is 1. The molecule has 0 heterocycles. The van der Waals surface area contributed by atoms with Crippen molar-refractivity contribution >= 4 is 11.9 Å². The molecule has 0 fully saturated rings. The van der Waals surface area contributed by atoms with E-state index in [-0.39, 0.29) is 0 Å². The molecular weight excluding hydrogens is 150 g/mol. The molecule has 0 saturated heterocycles. The minimum atomic E-state index is -1.32. The van der Waals surface area contributed by atoms with E-state index < -0.39 is 24.5 Å². The average Bonchev–Trinajstić information content (AvgIpc) is 2.00. The highest BCUT2D eigenvalue weighted by Gasteiger charge is 2.16. The smallest absolute Gasteiger partial charge is 0.328 e. The second-order valence-electron chi connectivity index (χ2n) is 1.75. The van der Waals surface area contributed by atoms with Crippen LogP contribution < -0.4 is 5.32 Å². The Balaban J connectivity index is 4.03. The normalized spacial score (nSPS) is 14.1. The van der Waals surface area contributed by atoms with E-state index in [0.717, 1.165) is 12.6 Å². The number of rotatable bonds is 4. The van der Waals surface area contributed by atoms with Gasteiger partial charge >= 0.3 is 5.97 Å². The van der Waals surface area contributed by atoms with Crippen LogP contribution in [-0.4, -0.2) is 34.7 Å². The quantitative estimate of drug-likeness (QED) is 0.448. The zero-order valence-electron chi connectivity index (χ0n) is 6.65. The van der Waals surface area contributed by atoms with Crippen LogP contribution in [0.3, 0.4) is 0 Å². The summed E-state index contributed by atoms with van der Waals surface area (Å²) in [6.45, 7) is 0.0541. The fraction of sp³-hybridized carbons (Fsp3) is 0.333. The molecule has 0 spiro atoms. The maximum atomic E-state index is 10.6. The molecule has 0 aliphatic carbocycles. The van der Waals surface area contributed by atoms with Crippen molar-refractivity contribution in [2.24, 2.45) is 0 Å². The van der Waals surface area contributed by atoms with Crippen LogP contribution in [-0.2, 0) is 9.59 Å². The first-order valence-electron chi connectivity index (χ1n) is 3.38. The molecule has 3 N–H and O–H groups in total. The zero-order valence-corrected chi connectivity index (χ0v) is 5.65. The summed E-state index contributed by atoms with van der Waals surface area (Å²) in [4.78, 5) is 20.8. The van der Waals surface area contributed by atoms with Crippen molar-refractivity contribution in [1.29, 1.82) is 0 Å². The molecular formula is C6H9NO4. The lowest BCUT2D eigenvalue weighted by Gasteiger charge is -2.08. The van der Waals surface area contributed by atoms with E-state index in [0.29, 0.717) is 0 Å². The molecule has 0 aromatic carbocycles. The Morgan fingerprint density at radius 2 is 2.45 bits per heavy atom. The summed E-state index contributed by atoms with van der Waals surface area (Å²) in [5.74, 6) is -2.03. The van der Waals surface area contributed by atoms with Gasteiger partial charge < -0.3 is 15.5 Å². The summed E-state index contributed by atoms with van der Waals surface area (Å²) in [5.41, 5.74) is 0. The first-order chi connectivity index (χ1) is 5.61. The van der Waals surface area contributed by atoms with Gasteiger partial charge in [-0.1, -0.05) is 6.55 Å². The van der Waals surface area contributed by atoms with Gasteiger partial charge in [-0.2, -0.15) is 0 Å². The van der Waals surface area contributed by atoms with Gasteiger partial charge in [-0.25, -0.2) is 4.79 Å². The number of aliphatic hydroxyl groups is 1. The molecule has 0 aliphatic heterocycles. The molecule has 0 radical (unpaired) electrons. The van der Waals surface area contributed by atoms with Gasteiger partial charge in [0.1, 0.15) is 0 Å². The highest BCUT2D eigenvalue weighted by molar-refractivity contribution is 5.90. The van der Waals surface area contributed by atoms with Gasteiger partial charge in [-0.05, 0) is 6.08 Å². The molecule has 0 rings (SSSR count). The van der Waals surface area contributed by atoms with E-state index >= 15 is 0 Å². The van der Waals surface area contributed by atoms with Crippen LogP contribution in [0, 0.1) is 0 Å². The highest BCUT2D eigenvalue weighted by Crippen LogP contribution is 1.81.